The zero-order valence-corrected chi connectivity index (χ0v) is 13.1. The Hall–Kier alpha value is -3.94. The number of pyridine rings is 1. The van der Waals surface area contributed by atoms with E-state index in [1.54, 1.807) is 24.3 Å². The quantitative estimate of drug-likeness (QED) is 0.724. The molecule has 0 fully saturated rings. The molecule has 0 bridgehead atoms. The Morgan fingerprint density at radius 2 is 1.62 bits per heavy atom. The van der Waals surface area contributed by atoms with E-state index in [1.165, 1.54) is 30.5 Å². The molecule has 2 aromatic heterocycles. The molecule has 3 heterocycles. The van der Waals surface area contributed by atoms with Crippen LogP contribution in [0.1, 0.15) is 31.1 Å². The average molecular weight is 350 g/mol. The minimum Gasteiger partial charge on any atom is -0.463 e. The zero-order valence-electron chi connectivity index (χ0n) is 13.1. The number of hydrogen-bond acceptors (Lipinski definition) is 6. The number of carbonyl (C=O) groups excluding carboxylic acids is 3. The minimum atomic E-state index is -1.12. The molecule has 8 nitrogen and oxygen atoms in total. The molecule has 26 heavy (non-hydrogen) atoms. The molecule has 0 saturated heterocycles. The number of benzene rings is 1. The van der Waals surface area contributed by atoms with Gasteiger partial charge in [0.05, 0.1) is 23.1 Å². The highest BCUT2D eigenvalue weighted by Crippen LogP contribution is 2.23. The number of fused-ring (bicyclic) bond motifs is 1. The predicted molar refractivity (Wildman–Crippen MR) is 87.1 cm³/mol. The monoisotopic (exact) mass is 350 g/mol. The van der Waals surface area contributed by atoms with Gasteiger partial charge < -0.3 is 14.2 Å². The average Bonchev–Trinajstić information content (AvgIpc) is 3.26. The highest BCUT2D eigenvalue weighted by Gasteiger charge is 2.39. The van der Waals surface area contributed by atoms with Crippen LogP contribution in [0.2, 0.25) is 0 Å². The van der Waals surface area contributed by atoms with Gasteiger partial charge in [0.25, 0.3) is 17.4 Å². The normalized spacial score (nSPS) is 13.0. The number of carbonyl (C=O) groups is 3. The maximum Gasteiger partial charge on any atom is 0.369 e. The Morgan fingerprint density at radius 3 is 2.19 bits per heavy atom. The van der Waals surface area contributed by atoms with E-state index in [1.807, 2.05) is 0 Å². The van der Waals surface area contributed by atoms with E-state index in [9.17, 15) is 19.2 Å². The van der Waals surface area contributed by atoms with Crippen LogP contribution in [0.25, 0.3) is 11.5 Å². The largest absolute Gasteiger partial charge is 0.463 e. The van der Waals surface area contributed by atoms with Crippen molar-refractivity contribution in [2.24, 2.45) is 0 Å². The highest BCUT2D eigenvalue weighted by molar-refractivity contribution is 6.21. The molecule has 1 N–H and O–H groups in total. The summed E-state index contributed by atoms with van der Waals surface area (Å²) in [6.45, 7) is 0. The van der Waals surface area contributed by atoms with E-state index in [0.29, 0.717) is 16.5 Å². The molecule has 0 unspecified atom stereocenters. The number of furan rings is 1. The Kier molecular flexibility index (Phi) is 3.51. The maximum absolute atomic E-state index is 12.2. The Morgan fingerprint density at radius 1 is 0.923 bits per heavy atom. The van der Waals surface area contributed by atoms with Crippen molar-refractivity contribution in [3.05, 3.63) is 81.8 Å². The van der Waals surface area contributed by atoms with Gasteiger partial charge in [-0.25, -0.2) is 4.79 Å². The first kappa shape index (κ1) is 15.6. The van der Waals surface area contributed by atoms with Crippen LogP contribution in [-0.2, 0) is 4.84 Å². The second-order valence-electron chi connectivity index (χ2n) is 5.42. The Bertz CT molecular complexity index is 1060. The number of hydrogen-bond donors (Lipinski definition) is 1. The fourth-order valence-corrected chi connectivity index (χ4v) is 2.59. The van der Waals surface area contributed by atoms with Crippen LogP contribution >= 0.6 is 0 Å². The van der Waals surface area contributed by atoms with E-state index in [4.69, 9.17) is 9.25 Å². The number of imide groups is 1. The lowest BCUT2D eigenvalue weighted by Gasteiger charge is -2.12. The van der Waals surface area contributed by atoms with Crippen molar-refractivity contribution in [3.8, 4) is 11.5 Å². The second kappa shape index (κ2) is 5.85. The first-order chi connectivity index (χ1) is 12.6. The first-order valence-corrected chi connectivity index (χ1v) is 7.53. The van der Waals surface area contributed by atoms with Crippen molar-refractivity contribution < 1.29 is 23.6 Å². The van der Waals surface area contributed by atoms with Gasteiger partial charge in [-0.2, -0.15) is 0 Å². The number of aromatic amines is 1. The van der Waals surface area contributed by atoms with Crippen LogP contribution < -0.4 is 5.56 Å². The SMILES string of the molecule is O=C(ON1C(=O)c2ccccc2C1=O)c1ccc(-c2ccco2)[nH]c1=O. The summed E-state index contributed by atoms with van der Waals surface area (Å²) in [4.78, 5) is 56.1. The van der Waals surface area contributed by atoms with Crippen molar-refractivity contribution in [2.75, 3.05) is 0 Å². The van der Waals surface area contributed by atoms with Gasteiger partial charge in [-0.05, 0) is 36.4 Å². The molecular weight excluding hydrogens is 340 g/mol. The topological polar surface area (TPSA) is 110 Å². The van der Waals surface area contributed by atoms with Gasteiger partial charge in [0.2, 0.25) is 0 Å². The molecule has 2 amide bonds. The fraction of sp³-hybridized carbons (Fsp3) is 0. The Labute approximate surface area is 145 Å². The lowest BCUT2D eigenvalue weighted by Crippen LogP contribution is -2.34. The van der Waals surface area contributed by atoms with Crippen molar-refractivity contribution in [2.45, 2.75) is 0 Å². The third-order valence-electron chi connectivity index (χ3n) is 3.85. The molecule has 1 aliphatic rings. The molecule has 128 valence electrons. The molecule has 0 saturated carbocycles. The van der Waals surface area contributed by atoms with Gasteiger partial charge >= 0.3 is 5.97 Å². The number of aromatic nitrogens is 1. The summed E-state index contributed by atoms with van der Waals surface area (Å²) in [6.07, 6.45) is 1.44. The van der Waals surface area contributed by atoms with E-state index < -0.39 is 23.3 Å². The van der Waals surface area contributed by atoms with Crippen molar-refractivity contribution >= 4 is 17.8 Å². The zero-order chi connectivity index (χ0) is 18.3. The number of amides is 2. The number of rotatable bonds is 3. The van der Waals surface area contributed by atoms with Gasteiger partial charge in [0.15, 0.2) is 0 Å². The number of hydroxylamine groups is 2. The number of nitrogens with one attached hydrogen (secondary N) is 1. The van der Waals surface area contributed by atoms with Gasteiger partial charge in [-0.1, -0.05) is 17.2 Å². The summed E-state index contributed by atoms with van der Waals surface area (Å²) >= 11 is 0. The summed E-state index contributed by atoms with van der Waals surface area (Å²) in [5.74, 6) is -2.22. The summed E-state index contributed by atoms with van der Waals surface area (Å²) in [5, 5.41) is 0.354. The highest BCUT2D eigenvalue weighted by atomic mass is 16.7. The van der Waals surface area contributed by atoms with Crippen LogP contribution in [0, 0.1) is 0 Å². The first-order valence-electron chi connectivity index (χ1n) is 7.53. The molecule has 0 spiro atoms. The molecule has 0 radical (unpaired) electrons. The third-order valence-corrected chi connectivity index (χ3v) is 3.85. The molecule has 3 aromatic rings. The third kappa shape index (κ3) is 2.40. The maximum atomic E-state index is 12.2. The molecule has 4 rings (SSSR count). The van der Waals surface area contributed by atoms with Crippen LogP contribution in [0.5, 0.6) is 0 Å². The van der Waals surface area contributed by atoms with Crippen molar-refractivity contribution in [1.82, 2.24) is 10.0 Å². The summed E-state index contributed by atoms with van der Waals surface area (Å²) in [7, 11) is 0. The van der Waals surface area contributed by atoms with Gasteiger partial charge in [0.1, 0.15) is 11.3 Å². The van der Waals surface area contributed by atoms with Crippen LogP contribution in [0.15, 0.2) is 64.0 Å². The smallest absolute Gasteiger partial charge is 0.369 e. The second-order valence-corrected chi connectivity index (χ2v) is 5.42. The summed E-state index contributed by atoms with van der Waals surface area (Å²) < 4.78 is 5.16. The van der Waals surface area contributed by atoms with Gasteiger partial charge in [-0.3, -0.25) is 14.4 Å². The lowest BCUT2D eigenvalue weighted by molar-refractivity contribution is -0.0585. The standard InChI is InChI=1S/C18H10N2O6/c21-15-12(7-8-13(19-15)14-6-3-9-25-14)18(24)26-20-16(22)10-4-1-2-5-11(10)17(20)23/h1-9H,(H,19,21). The van der Waals surface area contributed by atoms with Crippen LogP contribution in [0.4, 0.5) is 0 Å². The molecule has 0 aliphatic carbocycles. The Balaban J connectivity index is 1.59. The predicted octanol–water partition coefficient (Wildman–Crippen LogP) is 2.00. The van der Waals surface area contributed by atoms with Crippen molar-refractivity contribution in [3.63, 3.8) is 0 Å². The van der Waals surface area contributed by atoms with E-state index in [0.717, 1.165) is 0 Å². The summed E-state index contributed by atoms with van der Waals surface area (Å²) in [6, 6.07) is 12.1. The molecule has 1 aliphatic heterocycles. The van der Waals surface area contributed by atoms with Crippen LogP contribution in [-0.4, -0.2) is 27.8 Å². The van der Waals surface area contributed by atoms with Crippen LogP contribution in [0.3, 0.4) is 0 Å². The molecule has 0 atom stereocenters. The lowest BCUT2D eigenvalue weighted by atomic mass is 10.1. The number of nitrogens with zero attached hydrogens (tertiary/aromatic N) is 1. The van der Waals surface area contributed by atoms with Gasteiger partial charge in [-0.15, -0.1) is 0 Å². The van der Waals surface area contributed by atoms with Crippen molar-refractivity contribution in [1.29, 1.82) is 0 Å². The van der Waals surface area contributed by atoms with E-state index in [2.05, 4.69) is 4.98 Å². The van der Waals surface area contributed by atoms with E-state index in [-0.39, 0.29) is 16.7 Å². The fourth-order valence-electron chi connectivity index (χ4n) is 2.59. The van der Waals surface area contributed by atoms with Gasteiger partial charge in [0, 0.05) is 0 Å². The molecule has 8 heteroatoms. The molecule has 1 aromatic carbocycles. The number of H-pyrrole nitrogens is 1. The minimum absolute atomic E-state index is 0.132. The van der Waals surface area contributed by atoms with E-state index >= 15 is 0 Å². The molecular formula is C18H10N2O6. The summed E-state index contributed by atoms with van der Waals surface area (Å²) in [5.41, 5.74) is -0.450.